The highest BCUT2D eigenvalue weighted by molar-refractivity contribution is 7.80. The van der Waals surface area contributed by atoms with Crippen LogP contribution in [-0.4, -0.2) is 46.7 Å². The fourth-order valence-corrected chi connectivity index (χ4v) is 4.91. The van der Waals surface area contributed by atoms with Gasteiger partial charge in [-0.25, -0.2) is 4.79 Å². The van der Waals surface area contributed by atoms with Gasteiger partial charge in [0, 0.05) is 18.8 Å². The summed E-state index contributed by atoms with van der Waals surface area (Å²) in [5.41, 5.74) is 3.01. The van der Waals surface area contributed by atoms with Crippen LogP contribution in [0.3, 0.4) is 0 Å². The zero-order valence-corrected chi connectivity index (χ0v) is 26.6. The standard InChI is InChI=1S/C33H49N3O4S/c1-7-8-9-10-11-15-21-36(31(38)28(23-41)35-32(39)40-33(4,5)6)29(27-20-16-17-24(2)25(27)3)30(37)34-22-26-18-13-12-14-19-26/h12-14,16-20,28-29,41H,7-11,15,21-23H2,1-6H3,(H,34,37)(H,35,39). The number of unbranched alkanes of at least 4 members (excludes halogenated alkanes) is 5. The van der Waals surface area contributed by atoms with Crippen LogP contribution in [0.5, 0.6) is 0 Å². The molecule has 0 aliphatic carbocycles. The third-order valence-electron chi connectivity index (χ3n) is 7.02. The number of thiol groups is 1. The molecule has 0 bridgehead atoms. The zero-order chi connectivity index (χ0) is 30.4. The maximum atomic E-state index is 14.2. The molecule has 0 aromatic heterocycles. The predicted molar refractivity (Wildman–Crippen MR) is 169 cm³/mol. The topological polar surface area (TPSA) is 87.7 Å². The number of hydrogen-bond acceptors (Lipinski definition) is 5. The lowest BCUT2D eigenvalue weighted by atomic mass is 9.94. The van der Waals surface area contributed by atoms with Crippen LogP contribution < -0.4 is 10.6 Å². The van der Waals surface area contributed by atoms with Gasteiger partial charge >= 0.3 is 6.09 Å². The summed E-state index contributed by atoms with van der Waals surface area (Å²) in [6.45, 7) is 12.2. The molecule has 226 valence electrons. The van der Waals surface area contributed by atoms with E-state index in [1.54, 1.807) is 25.7 Å². The van der Waals surface area contributed by atoms with E-state index in [9.17, 15) is 14.4 Å². The molecule has 0 heterocycles. The third-order valence-corrected chi connectivity index (χ3v) is 7.38. The Labute approximate surface area is 252 Å². The molecule has 0 radical (unpaired) electrons. The van der Waals surface area contributed by atoms with Gasteiger partial charge in [-0.3, -0.25) is 9.59 Å². The van der Waals surface area contributed by atoms with Gasteiger partial charge in [0.1, 0.15) is 17.7 Å². The first-order chi connectivity index (χ1) is 19.5. The second-order valence-electron chi connectivity index (χ2n) is 11.6. The second-order valence-corrected chi connectivity index (χ2v) is 11.9. The monoisotopic (exact) mass is 583 g/mol. The number of rotatable bonds is 15. The van der Waals surface area contributed by atoms with Gasteiger partial charge in [-0.15, -0.1) is 0 Å². The van der Waals surface area contributed by atoms with E-state index in [-0.39, 0.29) is 17.6 Å². The van der Waals surface area contributed by atoms with Gasteiger partial charge in [-0.1, -0.05) is 87.6 Å². The number of carbonyl (C=O) groups excluding carboxylic acids is 3. The van der Waals surface area contributed by atoms with Crippen molar-refractivity contribution in [3.05, 3.63) is 70.8 Å². The van der Waals surface area contributed by atoms with Crippen molar-refractivity contribution in [1.29, 1.82) is 0 Å². The molecule has 2 atom stereocenters. The predicted octanol–water partition coefficient (Wildman–Crippen LogP) is 6.67. The van der Waals surface area contributed by atoms with Gasteiger partial charge in [0.2, 0.25) is 11.8 Å². The maximum Gasteiger partial charge on any atom is 0.408 e. The molecule has 41 heavy (non-hydrogen) atoms. The fourth-order valence-electron chi connectivity index (χ4n) is 4.67. The molecule has 7 nitrogen and oxygen atoms in total. The summed E-state index contributed by atoms with van der Waals surface area (Å²) in [6, 6.07) is 13.7. The van der Waals surface area contributed by atoms with Crippen molar-refractivity contribution in [3.63, 3.8) is 0 Å². The van der Waals surface area contributed by atoms with Crippen molar-refractivity contribution < 1.29 is 19.1 Å². The Bertz CT molecular complexity index is 1120. The number of nitrogens with one attached hydrogen (secondary N) is 2. The Morgan fingerprint density at radius 3 is 2.22 bits per heavy atom. The highest BCUT2D eigenvalue weighted by atomic mass is 32.1. The van der Waals surface area contributed by atoms with Crippen LogP contribution in [0.25, 0.3) is 0 Å². The number of aryl methyl sites for hydroxylation is 1. The van der Waals surface area contributed by atoms with E-state index in [0.29, 0.717) is 13.1 Å². The minimum atomic E-state index is -0.956. The lowest BCUT2D eigenvalue weighted by Gasteiger charge is -2.35. The maximum absolute atomic E-state index is 14.2. The molecule has 2 aromatic rings. The molecule has 0 aliphatic heterocycles. The fraction of sp³-hybridized carbons (Fsp3) is 0.545. The van der Waals surface area contributed by atoms with Crippen molar-refractivity contribution in [2.45, 2.75) is 104 Å². The van der Waals surface area contributed by atoms with Crippen LogP contribution in [0, 0.1) is 13.8 Å². The highest BCUT2D eigenvalue weighted by Crippen LogP contribution is 2.28. The Hall–Kier alpha value is -3.00. The molecule has 0 saturated heterocycles. The van der Waals surface area contributed by atoms with Crippen LogP contribution >= 0.6 is 12.6 Å². The van der Waals surface area contributed by atoms with Gasteiger partial charge < -0.3 is 20.3 Å². The summed E-state index contributed by atoms with van der Waals surface area (Å²) in [7, 11) is 0. The van der Waals surface area contributed by atoms with E-state index in [4.69, 9.17) is 4.74 Å². The summed E-state index contributed by atoms with van der Waals surface area (Å²) < 4.78 is 5.42. The highest BCUT2D eigenvalue weighted by Gasteiger charge is 2.36. The normalized spacial score (nSPS) is 12.8. The van der Waals surface area contributed by atoms with Crippen molar-refractivity contribution >= 4 is 30.5 Å². The Morgan fingerprint density at radius 1 is 0.927 bits per heavy atom. The average Bonchev–Trinajstić information content (AvgIpc) is 2.93. The smallest absolute Gasteiger partial charge is 0.408 e. The van der Waals surface area contributed by atoms with E-state index < -0.39 is 23.8 Å². The quantitative estimate of drug-likeness (QED) is 0.161. The summed E-state index contributed by atoms with van der Waals surface area (Å²) in [5, 5.41) is 5.75. The van der Waals surface area contributed by atoms with E-state index in [1.165, 1.54) is 6.42 Å². The second kappa shape index (κ2) is 17.1. The SMILES string of the molecule is CCCCCCCCN(C(=O)C(CS)NC(=O)OC(C)(C)C)C(C(=O)NCc1ccccc1)c1cccc(C)c1C. The largest absolute Gasteiger partial charge is 0.444 e. The lowest BCUT2D eigenvalue weighted by Crippen LogP contribution is -2.54. The minimum Gasteiger partial charge on any atom is -0.444 e. The van der Waals surface area contributed by atoms with Crippen molar-refractivity contribution in [2.24, 2.45) is 0 Å². The van der Waals surface area contributed by atoms with E-state index >= 15 is 0 Å². The minimum absolute atomic E-state index is 0.0657. The molecule has 3 amide bonds. The molecule has 0 fully saturated rings. The zero-order valence-electron chi connectivity index (χ0n) is 25.7. The molecule has 2 N–H and O–H groups in total. The van der Waals surface area contributed by atoms with Crippen LogP contribution in [0.2, 0.25) is 0 Å². The molecule has 2 rings (SSSR count). The Kier molecular flexibility index (Phi) is 14.2. The van der Waals surface area contributed by atoms with Crippen LogP contribution in [-0.2, 0) is 20.9 Å². The molecular weight excluding hydrogens is 534 g/mol. The van der Waals surface area contributed by atoms with E-state index in [0.717, 1.165) is 54.4 Å². The number of carbonyl (C=O) groups is 3. The number of benzene rings is 2. The van der Waals surface area contributed by atoms with Crippen molar-refractivity contribution in [3.8, 4) is 0 Å². The molecule has 2 aromatic carbocycles. The van der Waals surface area contributed by atoms with Crippen LogP contribution in [0.4, 0.5) is 4.79 Å². The molecule has 0 spiro atoms. The summed E-state index contributed by atoms with van der Waals surface area (Å²) in [5.74, 6) is -0.562. The van der Waals surface area contributed by atoms with Crippen molar-refractivity contribution in [2.75, 3.05) is 12.3 Å². The van der Waals surface area contributed by atoms with Gasteiger partial charge in [0.15, 0.2) is 0 Å². The van der Waals surface area contributed by atoms with Crippen LogP contribution in [0.1, 0.15) is 94.5 Å². The Balaban J connectivity index is 2.44. The number of alkyl carbamates (subject to hydrolysis) is 1. The number of hydrogen-bond donors (Lipinski definition) is 3. The first kappa shape index (κ1) is 34.2. The summed E-state index contributed by atoms with van der Waals surface area (Å²) >= 11 is 4.40. The van der Waals surface area contributed by atoms with E-state index in [1.807, 2.05) is 62.4 Å². The van der Waals surface area contributed by atoms with Crippen molar-refractivity contribution in [1.82, 2.24) is 15.5 Å². The average molecular weight is 584 g/mol. The summed E-state index contributed by atoms with van der Waals surface area (Å²) in [4.78, 5) is 42.4. The molecule has 2 unspecified atom stereocenters. The Morgan fingerprint density at radius 2 is 1.59 bits per heavy atom. The van der Waals surface area contributed by atoms with Gasteiger partial charge in [-0.2, -0.15) is 12.6 Å². The lowest BCUT2D eigenvalue weighted by molar-refractivity contribution is -0.142. The van der Waals surface area contributed by atoms with Gasteiger partial charge in [-0.05, 0) is 63.3 Å². The number of amides is 3. The number of nitrogens with zero attached hydrogens (tertiary/aromatic N) is 1. The summed E-state index contributed by atoms with van der Waals surface area (Å²) in [6.07, 6.45) is 5.53. The van der Waals surface area contributed by atoms with E-state index in [2.05, 4.69) is 30.2 Å². The first-order valence-corrected chi connectivity index (χ1v) is 15.4. The first-order valence-electron chi connectivity index (χ1n) is 14.8. The molecule has 0 aliphatic rings. The molecular formula is C33H49N3O4S. The third kappa shape index (κ3) is 11.4. The van der Waals surface area contributed by atoms with Gasteiger partial charge in [0.05, 0.1) is 0 Å². The number of ether oxygens (including phenoxy) is 1. The van der Waals surface area contributed by atoms with Crippen LogP contribution in [0.15, 0.2) is 48.5 Å². The van der Waals surface area contributed by atoms with Gasteiger partial charge in [0.25, 0.3) is 0 Å². The molecule has 8 heteroatoms. The molecule has 0 saturated carbocycles.